The van der Waals surface area contributed by atoms with Gasteiger partial charge < -0.3 is 9.80 Å². The van der Waals surface area contributed by atoms with E-state index in [4.69, 9.17) is 0 Å². The lowest BCUT2D eigenvalue weighted by atomic mass is 8.87. The maximum Gasteiger partial charge on any atom is 0.230 e. The van der Waals surface area contributed by atoms with Crippen LogP contribution in [0.2, 0.25) is 0 Å². The number of hydrogen-bond acceptors (Lipinski definition) is 2. The minimum Gasteiger partial charge on any atom is -0.337 e. The number of carbonyl (C=O) groups is 2. The zero-order valence-corrected chi connectivity index (χ0v) is 24.2. The summed E-state index contributed by atoms with van der Waals surface area (Å²) in [7, 11) is 0. The predicted molar refractivity (Wildman–Crippen MR) is 143 cm³/mol. The van der Waals surface area contributed by atoms with Gasteiger partial charge in [-0.3, -0.25) is 9.59 Å². The van der Waals surface area contributed by atoms with Crippen LogP contribution in [0.4, 0.5) is 0 Å². The molecule has 7 rings (SSSR count). The summed E-state index contributed by atoms with van der Waals surface area (Å²) in [4.78, 5) is 33.0. The maximum absolute atomic E-state index is 14.5. The fraction of sp³-hybridized carbons (Fsp3) is 0.750. The zero-order chi connectivity index (χ0) is 26.5. The molecule has 4 nitrogen and oxygen atoms in total. The molecule has 6 aliphatic rings. The Hall–Kier alpha value is -1.84. The zero-order valence-electron chi connectivity index (χ0n) is 24.2. The number of rotatable bonds is 7. The molecule has 1 aromatic rings. The highest BCUT2D eigenvalue weighted by atomic mass is 16.2. The third kappa shape index (κ3) is 2.06. The summed E-state index contributed by atoms with van der Waals surface area (Å²) >= 11 is 0. The van der Waals surface area contributed by atoms with Crippen LogP contribution < -0.4 is 0 Å². The second-order valence-corrected chi connectivity index (χ2v) is 14.8. The van der Waals surface area contributed by atoms with Crippen molar-refractivity contribution in [3.63, 3.8) is 0 Å². The minimum absolute atomic E-state index is 0.0936. The second kappa shape index (κ2) is 6.77. The molecule has 2 amide bonds. The fourth-order valence-corrected chi connectivity index (χ4v) is 11.0. The lowest BCUT2D eigenvalue weighted by molar-refractivity contribution is -0.641. The second-order valence-electron chi connectivity index (χ2n) is 14.8. The van der Waals surface area contributed by atoms with E-state index in [9.17, 15) is 9.59 Å². The highest BCUT2D eigenvalue weighted by Crippen LogP contribution is 3.14. The largest absolute Gasteiger partial charge is 0.337 e. The molecule has 1 aromatic carbocycles. The summed E-state index contributed by atoms with van der Waals surface area (Å²) in [5.74, 6) is 2.65. The summed E-state index contributed by atoms with van der Waals surface area (Å²) in [5, 5.41) is 0. The molecule has 36 heavy (non-hydrogen) atoms. The van der Waals surface area contributed by atoms with Gasteiger partial charge in [-0.05, 0) is 102 Å². The molecular formula is C32H46N2O2. The smallest absolute Gasteiger partial charge is 0.230 e. The number of hydrogen-bond donors (Lipinski definition) is 0. The maximum atomic E-state index is 14.5. The lowest BCUT2D eigenvalue weighted by Gasteiger charge is -3.14. The van der Waals surface area contributed by atoms with Gasteiger partial charge in [0.15, 0.2) is 0 Å². The molecule has 4 unspecified atom stereocenters. The molecule has 0 saturated heterocycles. The number of carbonyl (C=O) groups excluding carboxylic acids is 2. The van der Waals surface area contributed by atoms with Crippen LogP contribution in [0.15, 0.2) is 24.3 Å². The highest BCUT2D eigenvalue weighted by Gasteiger charge is 3.18. The molecule has 0 heterocycles. The first kappa shape index (κ1) is 24.5. The molecule has 6 aliphatic carbocycles. The molecule has 0 spiro atoms. The molecular weight excluding hydrogens is 444 g/mol. The fourth-order valence-electron chi connectivity index (χ4n) is 11.0. The summed E-state index contributed by atoms with van der Waals surface area (Å²) in [6.07, 6.45) is 0. The van der Waals surface area contributed by atoms with Crippen LogP contribution >= 0.6 is 0 Å². The van der Waals surface area contributed by atoms with Crippen LogP contribution in [0.1, 0.15) is 87.3 Å². The van der Waals surface area contributed by atoms with Crippen molar-refractivity contribution >= 4 is 11.8 Å². The average Bonchev–Trinajstić information content (AvgIpc) is 2.76. The topological polar surface area (TPSA) is 40.6 Å². The molecule has 0 radical (unpaired) electrons. The number of amides is 2. The first-order chi connectivity index (χ1) is 16.7. The van der Waals surface area contributed by atoms with Crippen molar-refractivity contribution in [1.29, 1.82) is 0 Å². The Morgan fingerprint density at radius 2 is 1.11 bits per heavy atom. The third-order valence-electron chi connectivity index (χ3n) is 11.4. The Kier molecular flexibility index (Phi) is 4.61. The van der Waals surface area contributed by atoms with Crippen LogP contribution in [-0.2, 0) is 20.4 Å². The Balaban J connectivity index is 1.44. The van der Waals surface area contributed by atoms with Gasteiger partial charge in [-0.2, -0.15) is 0 Å². The molecule has 0 aliphatic heterocycles. The van der Waals surface area contributed by atoms with Gasteiger partial charge in [-0.1, -0.05) is 45.0 Å². The van der Waals surface area contributed by atoms with Gasteiger partial charge in [0.2, 0.25) is 11.8 Å². The van der Waals surface area contributed by atoms with Gasteiger partial charge >= 0.3 is 0 Å². The SMILES string of the molecule is CC(C)N(C(=O)C12C3C4C1C1(c5ccc(C(C)(C)C)cc5)C2C3C41C(=O)N(C(C)C)C(C)C)C(C)C. The Bertz CT molecular complexity index is 1100. The van der Waals surface area contributed by atoms with Gasteiger partial charge in [-0.15, -0.1) is 0 Å². The van der Waals surface area contributed by atoms with Gasteiger partial charge in [0, 0.05) is 29.6 Å². The van der Waals surface area contributed by atoms with Crippen LogP contribution in [-0.4, -0.2) is 45.8 Å². The quantitative estimate of drug-likeness (QED) is 0.497. The van der Waals surface area contributed by atoms with Crippen LogP contribution in [0.25, 0.3) is 0 Å². The molecule has 6 saturated carbocycles. The van der Waals surface area contributed by atoms with Crippen molar-refractivity contribution in [2.75, 3.05) is 0 Å². The number of benzene rings is 1. The first-order valence-electron chi connectivity index (χ1n) is 14.4. The molecule has 196 valence electrons. The van der Waals surface area contributed by atoms with Gasteiger partial charge in [0.1, 0.15) is 0 Å². The molecule has 0 aromatic heterocycles. The highest BCUT2D eigenvalue weighted by molar-refractivity contribution is 6.04. The lowest BCUT2D eigenvalue weighted by Crippen LogP contribution is -3.18. The summed E-state index contributed by atoms with van der Waals surface area (Å²) in [6, 6.07) is 9.96. The van der Waals surface area contributed by atoms with E-state index in [1.54, 1.807) is 0 Å². The predicted octanol–water partition coefficient (Wildman–Crippen LogP) is 5.63. The van der Waals surface area contributed by atoms with E-state index in [-0.39, 0.29) is 45.8 Å². The van der Waals surface area contributed by atoms with E-state index in [0.29, 0.717) is 41.4 Å². The van der Waals surface area contributed by atoms with E-state index in [2.05, 4.69) is 110 Å². The normalized spacial score (nSPS) is 40.2. The van der Waals surface area contributed by atoms with Crippen LogP contribution in [0.3, 0.4) is 0 Å². The van der Waals surface area contributed by atoms with E-state index in [1.807, 2.05) is 0 Å². The molecule has 0 N–H and O–H groups in total. The third-order valence-corrected chi connectivity index (χ3v) is 11.4. The summed E-state index contributed by atoms with van der Waals surface area (Å²) in [5.41, 5.74) is 2.13. The monoisotopic (exact) mass is 490 g/mol. The Morgan fingerprint density at radius 1 is 0.694 bits per heavy atom. The van der Waals surface area contributed by atoms with Crippen molar-refractivity contribution in [2.45, 2.75) is 111 Å². The van der Waals surface area contributed by atoms with Crippen molar-refractivity contribution in [2.24, 2.45) is 40.4 Å². The standard InChI is InChI=1S/C32H46N2O2/c1-16(2)33(17(3)4)27(35)30-22-23-25(30)31(21-14-12-20(13-15-21)29(9,10)11)26(30)24(22)32(23,31)28(36)34(18(5)6)19(7)8/h12-19,22-26H,1-11H3. The average molecular weight is 491 g/mol. The summed E-state index contributed by atoms with van der Waals surface area (Å²) in [6.45, 7) is 23.9. The molecule has 0 bridgehead atoms. The van der Waals surface area contributed by atoms with Crippen molar-refractivity contribution in [1.82, 2.24) is 9.80 Å². The van der Waals surface area contributed by atoms with E-state index in [0.717, 1.165) is 0 Å². The van der Waals surface area contributed by atoms with Crippen molar-refractivity contribution in [3.05, 3.63) is 35.4 Å². The van der Waals surface area contributed by atoms with Gasteiger partial charge in [-0.25, -0.2) is 0 Å². The Labute approximate surface area is 218 Å². The van der Waals surface area contributed by atoms with Crippen LogP contribution in [0.5, 0.6) is 0 Å². The molecule has 6 fully saturated rings. The number of nitrogens with zero attached hydrogens (tertiary/aromatic N) is 2. The van der Waals surface area contributed by atoms with E-state index >= 15 is 0 Å². The first-order valence-corrected chi connectivity index (χ1v) is 14.4. The summed E-state index contributed by atoms with van der Waals surface area (Å²) < 4.78 is 0. The van der Waals surface area contributed by atoms with Crippen LogP contribution in [0, 0.1) is 40.4 Å². The van der Waals surface area contributed by atoms with Crippen molar-refractivity contribution < 1.29 is 9.59 Å². The van der Waals surface area contributed by atoms with E-state index < -0.39 is 0 Å². The minimum atomic E-state index is -0.271. The molecule has 4 heteroatoms. The Morgan fingerprint density at radius 3 is 1.50 bits per heavy atom. The van der Waals surface area contributed by atoms with Crippen molar-refractivity contribution in [3.8, 4) is 0 Å². The van der Waals surface area contributed by atoms with Gasteiger partial charge in [0.05, 0.1) is 10.8 Å². The van der Waals surface area contributed by atoms with E-state index in [1.165, 1.54) is 11.1 Å². The van der Waals surface area contributed by atoms with Gasteiger partial charge in [0.25, 0.3) is 0 Å². The molecule has 4 atom stereocenters.